The highest BCUT2D eigenvalue weighted by Gasteiger charge is 2.14. The molecule has 0 saturated carbocycles. The number of hydrogen-bond donors (Lipinski definition) is 1. The summed E-state index contributed by atoms with van der Waals surface area (Å²) in [7, 11) is 0. The van der Waals surface area contributed by atoms with Gasteiger partial charge in [-0.3, -0.25) is 10.1 Å². The van der Waals surface area contributed by atoms with E-state index in [1.807, 2.05) is 30.3 Å². The molecule has 3 aromatic rings. The first kappa shape index (κ1) is 15.2. The molecule has 0 fully saturated rings. The van der Waals surface area contributed by atoms with Crippen molar-refractivity contribution < 1.29 is 4.92 Å². The van der Waals surface area contributed by atoms with E-state index in [0.717, 1.165) is 5.56 Å². The smallest absolute Gasteiger partial charge is 0.269 e. The number of nitrogen functional groups attached to an aromatic ring is 1. The second-order valence-corrected chi connectivity index (χ2v) is 5.10. The number of nitriles is 1. The highest BCUT2D eigenvalue weighted by molar-refractivity contribution is 5.80. The number of aromatic nitrogens is 1. The number of nitrogens with two attached hydrogens (primary N) is 1. The summed E-state index contributed by atoms with van der Waals surface area (Å²) in [6.45, 7) is 0. The minimum Gasteiger partial charge on any atom is -0.383 e. The quantitative estimate of drug-likeness (QED) is 0.584. The van der Waals surface area contributed by atoms with Crippen LogP contribution in [-0.2, 0) is 0 Å². The average molecular weight is 316 g/mol. The van der Waals surface area contributed by atoms with Crippen molar-refractivity contribution in [1.29, 1.82) is 5.26 Å². The lowest BCUT2D eigenvalue weighted by Gasteiger charge is -2.10. The van der Waals surface area contributed by atoms with Gasteiger partial charge in [0.2, 0.25) is 0 Å². The van der Waals surface area contributed by atoms with Crippen molar-refractivity contribution in [2.24, 2.45) is 0 Å². The van der Waals surface area contributed by atoms with Crippen LogP contribution in [0.5, 0.6) is 0 Å². The lowest BCUT2D eigenvalue weighted by molar-refractivity contribution is -0.384. The molecule has 0 spiro atoms. The lowest BCUT2D eigenvalue weighted by atomic mass is 9.98. The van der Waals surface area contributed by atoms with E-state index < -0.39 is 4.92 Å². The van der Waals surface area contributed by atoms with Gasteiger partial charge in [-0.25, -0.2) is 4.98 Å². The molecule has 0 saturated heterocycles. The lowest BCUT2D eigenvalue weighted by Crippen LogP contribution is -1.99. The molecule has 0 unspecified atom stereocenters. The fourth-order valence-corrected chi connectivity index (χ4v) is 2.43. The van der Waals surface area contributed by atoms with Gasteiger partial charge in [0, 0.05) is 23.3 Å². The summed E-state index contributed by atoms with van der Waals surface area (Å²) in [4.78, 5) is 14.6. The van der Waals surface area contributed by atoms with Gasteiger partial charge < -0.3 is 5.73 Å². The predicted octanol–water partition coefficient (Wildman–Crippen LogP) is 3.78. The molecule has 2 N–H and O–H groups in total. The van der Waals surface area contributed by atoms with Gasteiger partial charge in [-0.1, -0.05) is 30.3 Å². The molecular weight excluding hydrogens is 304 g/mol. The zero-order valence-electron chi connectivity index (χ0n) is 12.5. The summed E-state index contributed by atoms with van der Waals surface area (Å²) >= 11 is 0. The van der Waals surface area contributed by atoms with Crippen molar-refractivity contribution in [3.63, 3.8) is 0 Å². The van der Waals surface area contributed by atoms with E-state index in [4.69, 9.17) is 5.73 Å². The molecular formula is C18H12N4O2. The Hall–Kier alpha value is -3.72. The number of hydrogen-bond acceptors (Lipinski definition) is 5. The van der Waals surface area contributed by atoms with E-state index in [1.165, 1.54) is 12.1 Å². The fraction of sp³-hybridized carbons (Fsp3) is 0. The zero-order valence-corrected chi connectivity index (χ0v) is 12.5. The van der Waals surface area contributed by atoms with Crippen LogP contribution in [0.25, 0.3) is 22.4 Å². The molecule has 6 heteroatoms. The van der Waals surface area contributed by atoms with Crippen LogP contribution in [0.3, 0.4) is 0 Å². The van der Waals surface area contributed by atoms with Gasteiger partial charge in [0.1, 0.15) is 17.5 Å². The molecule has 24 heavy (non-hydrogen) atoms. The van der Waals surface area contributed by atoms with Crippen LogP contribution in [0.15, 0.2) is 60.7 Å². The molecule has 0 atom stereocenters. The first-order chi connectivity index (χ1) is 11.6. The first-order valence-electron chi connectivity index (χ1n) is 7.11. The zero-order chi connectivity index (χ0) is 17.1. The number of rotatable bonds is 3. The maximum absolute atomic E-state index is 10.8. The maximum Gasteiger partial charge on any atom is 0.269 e. The minimum atomic E-state index is -0.459. The molecule has 0 amide bonds. The van der Waals surface area contributed by atoms with Crippen molar-refractivity contribution in [2.45, 2.75) is 0 Å². The van der Waals surface area contributed by atoms with Crippen molar-refractivity contribution in [3.05, 3.63) is 76.3 Å². The normalized spacial score (nSPS) is 10.1. The second-order valence-electron chi connectivity index (χ2n) is 5.10. The van der Waals surface area contributed by atoms with Gasteiger partial charge in [-0.15, -0.1) is 0 Å². The monoisotopic (exact) mass is 316 g/mol. The van der Waals surface area contributed by atoms with E-state index >= 15 is 0 Å². The van der Waals surface area contributed by atoms with Crippen LogP contribution in [-0.4, -0.2) is 9.91 Å². The minimum absolute atomic E-state index is 0.00338. The van der Waals surface area contributed by atoms with Gasteiger partial charge in [-0.05, 0) is 23.8 Å². The third-order valence-electron chi connectivity index (χ3n) is 3.62. The number of nitro benzene ring substituents is 1. The number of nitrogens with zero attached hydrogens (tertiary/aromatic N) is 3. The molecule has 0 aliphatic carbocycles. The highest BCUT2D eigenvalue weighted by atomic mass is 16.6. The number of anilines is 1. The number of pyridine rings is 1. The van der Waals surface area contributed by atoms with E-state index in [0.29, 0.717) is 22.4 Å². The Bertz CT molecular complexity index is 945. The Morgan fingerprint density at radius 2 is 1.71 bits per heavy atom. The third kappa shape index (κ3) is 2.78. The predicted molar refractivity (Wildman–Crippen MR) is 90.9 cm³/mol. The van der Waals surface area contributed by atoms with Gasteiger partial charge in [0.15, 0.2) is 0 Å². The third-order valence-corrected chi connectivity index (χ3v) is 3.62. The van der Waals surface area contributed by atoms with Crippen LogP contribution in [0.1, 0.15) is 5.56 Å². The average Bonchev–Trinajstić information content (AvgIpc) is 2.62. The summed E-state index contributed by atoms with van der Waals surface area (Å²) in [6, 6.07) is 19.3. The first-order valence-corrected chi connectivity index (χ1v) is 7.11. The molecule has 6 nitrogen and oxygen atoms in total. The van der Waals surface area contributed by atoms with Crippen molar-refractivity contribution >= 4 is 11.5 Å². The molecule has 3 rings (SSSR count). The van der Waals surface area contributed by atoms with E-state index in [-0.39, 0.29) is 11.5 Å². The Morgan fingerprint density at radius 3 is 2.29 bits per heavy atom. The van der Waals surface area contributed by atoms with Crippen LogP contribution < -0.4 is 5.73 Å². The van der Waals surface area contributed by atoms with Crippen LogP contribution in [0.4, 0.5) is 11.5 Å². The van der Waals surface area contributed by atoms with Crippen molar-refractivity contribution in [1.82, 2.24) is 4.98 Å². The summed E-state index contributed by atoms with van der Waals surface area (Å²) in [5, 5.41) is 20.1. The van der Waals surface area contributed by atoms with Crippen molar-refractivity contribution in [3.8, 4) is 28.5 Å². The molecule has 1 aromatic heterocycles. The molecule has 1 heterocycles. The van der Waals surface area contributed by atoms with Gasteiger partial charge >= 0.3 is 0 Å². The van der Waals surface area contributed by atoms with Crippen molar-refractivity contribution in [2.75, 3.05) is 5.73 Å². The van der Waals surface area contributed by atoms with Crippen LogP contribution in [0.2, 0.25) is 0 Å². The summed E-state index contributed by atoms with van der Waals surface area (Å²) in [6.07, 6.45) is 0. The Balaban J connectivity index is 2.15. The number of nitro groups is 1. The second kappa shape index (κ2) is 6.18. The summed E-state index contributed by atoms with van der Waals surface area (Å²) in [5.74, 6) is 0.132. The van der Waals surface area contributed by atoms with Crippen LogP contribution in [0, 0.1) is 21.4 Å². The largest absolute Gasteiger partial charge is 0.383 e. The van der Waals surface area contributed by atoms with Gasteiger partial charge in [0.25, 0.3) is 5.69 Å². The molecule has 116 valence electrons. The van der Waals surface area contributed by atoms with Crippen LogP contribution >= 0.6 is 0 Å². The molecule has 0 aliphatic heterocycles. The van der Waals surface area contributed by atoms with E-state index in [2.05, 4.69) is 11.1 Å². The Labute approximate surface area is 138 Å². The summed E-state index contributed by atoms with van der Waals surface area (Å²) in [5.41, 5.74) is 9.04. The number of non-ortho nitro benzene ring substituents is 1. The number of benzene rings is 2. The Morgan fingerprint density at radius 1 is 1.04 bits per heavy atom. The van der Waals surface area contributed by atoms with E-state index in [9.17, 15) is 15.4 Å². The fourth-order valence-electron chi connectivity index (χ4n) is 2.43. The SMILES string of the molecule is N#Cc1c(-c2ccccc2)cc(-c2ccc([N+](=O)[O-])cc2)nc1N. The topological polar surface area (TPSA) is 106 Å². The summed E-state index contributed by atoms with van der Waals surface area (Å²) < 4.78 is 0. The van der Waals surface area contributed by atoms with E-state index in [1.54, 1.807) is 18.2 Å². The standard InChI is InChI=1S/C18H12N4O2/c19-11-16-15(12-4-2-1-3-5-12)10-17(21-18(16)20)13-6-8-14(9-7-13)22(23)24/h1-10H,(H2,20,21). The van der Waals surface area contributed by atoms with Gasteiger partial charge in [-0.2, -0.15) is 5.26 Å². The maximum atomic E-state index is 10.8. The Kier molecular flexibility index (Phi) is 3.91. The molecule has 0 radical (unpaired) electrons. The molecule has 0 bridgehead atoms. The molecule has 2 aromatic carbocycles. The highest BCUT2D eigenvalue weighted by Crippen LogP contribution is 2.31. The van der Waals surface area contributed by atoms with Gasteiger partial charge in [0.05, 0.1) is 10.6 Å². The molecule has 0 aliphatic rings.